The topological polar surface area (TPSA) is 85.5 Å². The third-order valence-electron chi connectivity index (χ3n) is 3.69. The standard InChI is InChI=1S/C19H16Cl2N2O4S/c20-14-6-7-16(15(21)10-14)26-8-9-28-11-17-22-23-18(27-17)12-2-1-3-13(5-4-12)19(24)25/h1-2,4-7,10H,3,8-9,11H2,(H,24,25). The van der Waals surface area contributed by atoms with Gasteiger partial charge in [-0.3, -0.25) is 0 Å². The number of nitrogens with zero attached hydrogens (tertiary/aromatic N) is 2. The van der Waals surface area contributed by atoms with Crippen molar-refractivity contribution in [3.63, 3.8) is 0 Å². The summed E-state index contributed by atoms with van der Waals surface area (Å²) in [7, 11) is 0. The molecule has 0 atom stereocenters. The van der Waals surface area contributed by atoms with Crippen molar-refractivity contribution < 1.29 is 19.1 Å². The molecule has 3 rings (SSSR count). The Morgan fingerprint density at radius 1 is 1.29 bits per heavy atom. The molecule has 1 aliphatic rings. The molecule has 9 heteroatoms. The van der Waals surface area contributed by atoms with E-state index in [2.05, 4.69) is 10.2 Å². The van der Waals surface area contributed by atoms with Crippen LogP contribution in [-0.2, 0) is 10.5 Å². The molecule has 1 heterocycles. The summed E-state index contributed by atoms with van der Waals surface area (Å²) < 4.78 is 11.3. The molecule has 1 N–H and O–H groups in total. The molecule has 1 aliphatic carbocycles. The number of hydrogen-bond acceptors (Lipinski definition) is 6. The molecule has 1 aromatic heterocycles. The highest BCUT2D eigenvalue weighted by atomic mass is 35.5. The van der Waals surface area contributed by atoms with Crippen LogP contribution in [0.15, 0.2) is 52.5 Å². The highest BCUT2D eigenvalue weighted by Gasteiger charge is 2.12. The Balaban J connectivity index is 1.48. The van der Waals surface area contributed by atoms with Gasteiger partial charge in [0, 0.05) is 21.9 Å². The maximum atomic E-state index is 11.0. The fourth-order valence-electron chi connectivity index (χ4n) is 2.32. The summed E-state index contributed by atoms with van der Waals surface area (Å²) in [5.74, 6) is 1.76. The predicted molar refractivity (Wildman–Crippen MR) is 110 cm³/mol. The molecule has 0 amide bonds. The second kappa shape index (κ2) is 9.82. The van der Waals surface area contributed by atoms with E-state index in [-0.39, 0.29) is 0 Å². The van der Waals surface area contributed by atoms with E-state index >= 15 is 0 Å². The van der Waals surface area contributed by atoms with Crippen LogP contribution in [-0.4, -0.2) is 33.6 Å². The quantitative estimate of drug-likeness (QED) is 0.577. The summed E-state index contributed by atoms with van der Waals surface area (Å²) >= 11 is 13.5. The van der Waals surface area contributed by atoms with Gasteiger partial charge in [0.15, 0.2) is 0 Å². The SMILES string of the molecule is O=C(O)C1=CC=C(c2nnc(CSCCOc3ccc(Cl)cc3Cl)o2)C=CC1. The van der Waals surface area contributed by atoms with Crippen molar-refractivity contribution in [1.82, 2.24) is 10.2 Å². The molecule has 0 saturated carbocycles. The number of carboxylic acid groups (broad SMARTS) is 1. The Morgan fingerprint density at radius 3 is 2.93 bits per heavy atom. The highest BCUT2D eigenvalue weighted by molar-refractivity contribution is 7.98. The van der Waals surface area contributed by atoms with Crippen molar-refractivity contribution in [3.05, 3.63) is 69.9 Å². The monoisotopic (exact) mass is 438 g/mol. The largest absolute Gasteiger partial charge is 0.491 e. The van der Waals surface area contributed by atoms with Gasteiger partial charge in [0.1, 0.15) is 5.75 Å². The van der Waals surface area contributed by atoms with Gasteiger partial charge in [-0.1, -0.05) is 41.4 Å². The molecule has 0 saturated heterocycles. The fourth-order valence-corrected chi connectivity index (χ4v) is 3.42. The van der Waals surface area contributed by atoms with Gasteiger partial charge in [0.2, 0.25) is 11.8 Å². The van der Waals surface area contributed by atoms with Crippen LogP contribution in [0.25, 0.3) is 5.57 Å². The normalized spacial score (nSPS) is 13.6. The van der Waals surface area contributed by atoms with Gasteiger partial charge in [-0.05, 0) is 30.7 Å². The molecular formula is C19H16Cl2N2O4S. The summed E-state index contributed by atoms with van der Waals surface area (Å²) in [6, 6.07) is 5.09. The van der Waals surface area contributed by atoms with Crippen LogP contribution in [0.3, 0.4) is 0 Å². The zero-order chi connectivity index (χ0) is 19.9. The van der Waals surface area contributed by atoms with Gasteiger partial charge in [-0.2, -0.15) is 0 Å². The minimum absolute atomic E-state index is 0.308. The van der Waals surface area contributed by atoms with E-state index < -0.39 is 5.97 Å². The molecule has 6 nitrogen and oxygen atoms in total. The molecule has 0 aliphatic heterocycles. The van der Waals surface area contributed by atoms with Gasteiger partial charge >= 0.3 is 5.97 Å². The molecule has 0 radical (unpaired) electrons. The Kier molecular flexibility index (Phi) is 7.19. The zero-order valence-electron chi connectivity index (χ0n) is 14.6. The number of thioether (sulfide) groups is 1. The third-order valence-corrected chi connectivity index (χ3v) is 5.13. The second-order valence-corrected chi connectivity index (χ2v) is 7.65. The highest BCUT2D eigenvalue weighted by Crippen LogP contribution is 2.27. The van der Waals surface area contributed by atoms with E-state index in [0.717, 1.165) is 0 Å². The molecule has 0 fully saturated rings. The van der Waals surface area contributed by atoms with E-state index in [9.17, 15) is 4.79 Å². The van der Waals surface area contributed by atoms with Gasteiger partial charge in [-0.15, -0.1) is 22.0 Å². The summed E-state index contributed by atoms with van der Waals surface area (Å²) in [6.07, 6.45) is 7.11. The van der Waals surface area contributed by atoms with Crippen molar-refractivity contribution >= 4 is 46.5 Å². The van der Waals surface area contributed by atoms with Crippen LogP contribution in [0.2, 0.25) is 10.0 Å². The maximum absolute atomic E-state index is 11.0. The lowest BCUT2D eigenvalue weighted by Crippen LogP contribution is -2.01. The van der Waals surface area contributed by atoms with E-state index in [0.29, 0.717) is 63.3 Å². The minimum atomic E-state index is -0.938. The van der Waals surface area contributed by atoms with Crippen molar-refractivity contribution in [3.8, 4) is 5.75 Å². The first-order valence-electron chi connectivity index (χ1n) is 8.32. The number of hydrogen-bond donors (Lipinski definition) is 1. The average molecular weight is 439 g/mol. The average Bonchev–Trinajstić information content (AvgIpc) is 2.98. The summed E-state index contributed by atoms with van der Waals surface area (Å²) in [4.78, 5) is 11.0. The van der Waals surface area contributed by atoms with Gasteiger partial charge in [0.25, 0.3) is 0 Å². The van der Waals surface area contributed by atoms with Crippen LogP contribution in [0.5, 0.6) is 5.75 Å². The number of benzene rings is 1. The molecule has 28 heavy (non-hydrogen) atoms. The summed E-state index contributed by atoms with van der Waals surface area (Å²) in [5.41, 5.74) is 0.989. The van der Waals surface area contributed by atoms with Crippen LogP contribution in [0.1, 0.15) is 18.2 Å². The van der Waals surface area contributed by atoms with Gasteiger partial charge in [-0.25, -0.2) is 4.79 Å². The molecular weight excluding hydrogens is 423 g/mol. The van der Waals surface area contributed by atoms with E-state index in [1.165, 1.54) is 0 Å². The third kappa shape index (κ3) is 5.64. The van der Waals surface area contributed by atoms with E-state index in [1.54, 1.807) is 54.3 Å². The van der Waals surface area contributed by atoms with Crippen molar-refractivity contribution in [2.24, 2.45) is 0 Å². The Morgan fingerprint density at radius 2 is 2.14 bits per heavy atom. The Bertz CT molecular complexity index is 953. The first-order chi connectivity index (χ1) is 13.5. The number of halogens is 2. The smallest absolute Gasteiger partial charge is 0.331 e. The minimum Gasteiger partial charge on any atom is -0.491 e. The van der Waals surface area contributed by atoms with Gasteiger partial charge < -0.3 is 14.3 Å². The second-order valence-electron chi connectivity index (χ2n) is 5.70. The predicted octanol–water partition coefficient (Wildman–Crippen LogP) is 5.04. The summed E-state index contributed by atoms with van der Waals surface area (Å²) in [5, 5.41) is 18.2. The van der Waals surface area contributed by atoms with Crippen LogP contribution < -0.4 is 4.74 Å². The molecule has 1 aromatic carbocycles. The number of allylic oxidation sites excluding steroid dienone is 5. The van der Waals surface area contributed by atoms with Crippen LogP contribution in [0.4, 0.5) is 0 Å². The maximum Gasteiger partial charge on any atom is 0.331 e. The van der Waals surface area contributed by atoms with Crippen molar-refractivity contribution in [2.45, 2.75) is 12.2 Å². The number of aromatic nitrogens is 2. The molecule has 146 valence electrons. The zero-order valence-corrected chi connectivity index (χ0v) is 16.9. The molecule has 0 spiro atoms. The molecule has 0 bridgehead atoms. The summed E-state index contributed by atoms with van der Waals surface area (Å²) in [6.45, 7) is 0.476. The number of ether oxygens (including phenoxy) is 1. The Labute approximate surface area is 175 Å². The van der Waals surface area contributed by atoms with Crippen LogP contribution >= 0.6 is 35.0 Å². The van der Waals surface area contributed by atoms with E-state index in [4.69, 9.17) is 37.5 Å². The number of rotatable bonds is 8. The molecule has 2 aromatic rings. The number of aliphatic carboxylic acids is 1. The van der Waals surface area contributed by atoms with Gasteiger partial charge in [0.05, 0.1) is 17.4 Å². The fraction of sp³-hybridized carbons (Fsp3) is 0.211. The van der Waals surface area contributed by atoms with Crippen molar-refractivity contribution in [1.29, 1.82) is 0 Å². The first-order valence-corrected chi connectivity index (χ1v) is 10.2. The number of carbonyl (C=O) groups is 1. The lowest BCUT2D eigenvalue weighted by atomic mass is 10.2. The lowest BCUT2D eigenvalue weighted by Gasteiger charge is -2.07. The first kappa shape index (κ1) is 20.5. The van der Waals surface area contributed by atoms with E-state index in [1.807, 2.05) is 0 Å². The lowest BCUT2D eigenvalue weighted by molar-refractivity contribution is -0.132. The van der Waals surface area contributed by atoms with Crippen molar-refractivity contribution in [2.75, 3.05) is 12.4 Å². The Hall–Kier alpha value is -2.22. The van der Waals surface area contributed by atoms with Crippen LogP contribution in [0, 0.1) is 0 Å². The number of carboxylic acids is 1. The molecule has 0 unspecified atom stereocenters.